The molecule has 84 valence electrons. The predicted octanol–water partition coefficient (Wildman–Crippen LogP) is 1.99. The van der Waals surface area contributed by atoms with Crippen LogP contribution in [0.5, 0.6) is 0 Å². The zero-order valence-corrected chi connectivity index (χ0v) is 9.25. The van der Waals surface area contributed by atoms with E-state index in [4.69, 9.17) is 5.26 Å². The molecule has 1 N–H and O–H groups in total. The molecule has 1 rings (SSSR count). The predicted molar refractivity (Wildman–Crippen MR) is 57.6 cm³/mol. The molecule has 0 aliphatic carbocycles. The minimum absolute atomic E-state index is 0.0939. The van der Waals surface area contributed by atoms with E-state index in [1.54, 1.807) is 18.2 Å². The van der Waals surface area contributed by atoms with Crippen molar-refractivity contribution in [2.24, 2.45) is 5.41 Å². The van der Waals surface area contributed by atoms with E-state index in [0.717, 1.165) is 0 Å². The Morgan fingerprint density at radius 1 is 1.50 bits per heavy atom. The van der Waals surface area contributed by atoms with Crippen LogP contribution in [-0.2, 0) is 11.3 Å². The van der Waals surface area contributed by atoms with Crippen molar-refractivity contribution in [2.45, 2.75) is 20.4 Å². The first-order valence-corrected chi connectivity index (χ1v) is 4.90. The molecule has 1 aromatic carbocycles. The number of nitrogens with one attached hydrogen (secondary N) is 1. The van der Waals surface area contributed by atoms with E-state index in [9.17, 15) is 9.18 Å². The lowest BCUT2D eigenvalue weighted by Crippen LogP contribution is -2.35. The highest BCUT2D eigenvalue weighted by molar-refractivity contribution is 5.84. The Kier molecular flexibility index (Phi) is 3.62. The Morgan fingerprint density at radius 2 is 2.12 bits per heavy atom. The molecule has 0 aliphatic heterocycles. The van der Waals surface area contributed by atoms with Crippen molar-refractivity contribution >= 4 is 5.91 Å². The van der Waals surface area contributed by atoms with Gasteiger partial charge in [-0.1, -0.05) is 18.2 Å². The lowest BCUT2D eigenvalue weighted by atomic mass is 9.95. The molecule has 0 spiro atoms. The molecule has 0 aromatic heterocycles. The Hall–Kier alpha value is -1.89. The average molecular weight is 220 g/mol. The third-order valence-electron chi connectivity index (χ3n) is 2.24. The van der Waals surface area contributed by atoms with Crippen molar-refractivity contribution in [3.63, 3.8) is 0 Å². The first-order valence-electron chi connectivity index (χ1n) is 4.90. The molecule has 0 atom stereocenters. The zero-order chi connectivity index (χ0) is 12.2. The van der Waals surface area contributed by atoms with Crippen LogP contribution in [0.3, 0.4) is 0 Å². The second kappa shape index (κ2) is 4.75. The number of carbonyl (C=O) groups excluding carboxylic acids is 1. The maximum absolute atomic E-state index is 13.2. The van der Waals surface area contributed by atoms with Gasteiger partial charge in [0.25, 0.3) is 0 Å². The van der Waals surface area contributed by atoms with Crippen LogP contribution in [0.15, 0.2) is 24.3 Å². The Labute approximate surface area is 93.9 Å². The maximum Gasteiger partial charge on any atom is 0.240 e. The van der Waals surface area contributed by atoms with Crippen LogP contribution in [0, 0.1) is 22.6 Å². The summed E-state index contributed by atoms with van der Waals surface area (Å²) in [5, 5.41) is 11.3. The lowest BCUT2D eigenvalue weighted by Gasteiger charge is -2.15. The molecule has 4 heteroatoms. The molecular formula is C12H13FN2O. The summed E-state index contributed by atoms with van der Waals surface area (Å²) in [6.07, 6.45) is 0. The number of nitriles is 1. The fourth-order valence-electron chi connectivity index (χ4n) is 1.09. The Bertz CT molecular complexity index is 435. The van der Waals surface area contributed by atoms with Crippen LogP contribution < -0.4 is 5.32 Å². The van der Waals surface area contributed by atoms with Gasteiger partial charge < -0.3 is 5.32 Å². The van der Waals surface area contributed by atoms with E-state index in [2.05, 4.69) is 5.32 Å². The van der Waals surface area contributed by atoms with Crippen molar-refractivity contribution in [1.82, 2.24) is 5.32 Å². The van der Waals surface area contributed by atoms with E-state index in [1.165, 1.54) is 19.9 Å². The summed E-state index contributed by atoms with van der Waals surface area (Å²) >= 11 is 0. The standard InChI is InChI=1S/C12H13FN2O/c1-12(2,8-14)11(16)15-7-9-5-3-4-6-10(9)13/h3-6H,7H2,1-2H3,(H,15,16). The van der Waals surface area contributed by atoms with Gasteiger partial charge in [-0.15, -0.1) is 0 Å². The van der Waals surface area contributed by atoms with Crippen LogP contribution in [0.25, 0.3) is 0 Å². The molecule has 16 heavy (non-hydrogen) atoms. The topological polar surface area (TPSA) is 52.9 Å². The highest BCUT2D eigenvalue weighted by atomic mass is 19.1. The number of hydrogen-bond acceptors (Lipinski definition) is 2. The summed E-state index contributed by atoms with van der Waals surface area (Å²) in [6, 6.07) is 8.09. The smallest absolute Gasteiger partial charge is 0.240 e. The maximum atomic E-state index is 13.2. The molecule has 0 radical (unpaired) electrons. The van der Waals surface area contributed by atoms with E-state index < -0.39 is 11.3 Å². The zero-order valence-electron chi connectivity index (χ0n) is 9.25. The molecule has 3 nitrogen and oxygen atoms in total. The van der Waals surface area contributed by atoms with Gasteiger partial charge in [-0.2, -0.15) is 5.26 Å². The monoisotopic (exact) mass is 220 g/mol. The SMILES string of the molecule is CC(C)(C#N)C(=O)NCc1ccccc1F. The Balaban J connectivity index is 2.64. The third kappa shape index (κ3) is 2.80. The van der Waals surface area contributed by atoms with E-state index >= 15 is 0 Å². The quantitative estimate of drug-likeness (QED) is 0.846. The number of rotatable bonds is 3. The first kappa shape index (κ1) is 12.2. The number of benzene rings is 1. The van der Waals surface area contributed by atoms with Crippen LogP contribution in [0.1, 0.15) is 19.4 Å². The molecule has 0 heterocycles. The van der Waals surface area contributed by atoms with Crippen LogP contribution in [0.2, 0.25) is 0 Å². The van der Waals surface area contributed by atoms with Crippen molar-refractivity contribution in [2.75, 3.05) is 0 Å². The van der Waals surface area contributed by atoms with E-state index in [-0.39, 0.29) is 12.4 Å². The molecule has 0 saturated carbocycles. The second-order valence-corrected chi connectivity index (χ2v) is 4.01. The number of halogens is 1. The minimum Gasteiger partial charge on any atom is -0.351 e. The normalized spacial score (nSPS) is 10.6. The fourth-order valence-corrected chi connectivity index (χ4v) is 1.09. The van der Waals surface area contributed by atoms with Gasteiger partial charge in [0.05, 0.1) is 6.07 Å². The lowest BCUT2D eigenvalue weighted by molar-refractivity contribution is -0.126. The average Bonchev–Trinajstić information content (AvgIpc) is 2.27. The summed E-state index contributed by atoms with van der Waals surface area (Å²) in [5.74, 6) is -0.768. The van der Waals surface area contributed by atoms with E-state index in [0.29, 0.717) is 5.56 Å². The van der Waals surface area contributed by atoms with Crippen molar-refractivity contribution in [3.8, 4) is 6.07 Å². The molecule has 0 bridgehead atoms. The fraction of sp³-hybridized carbons (Fsp3) is 0.333. The highest BCUT2D eigenvalue weighted by Crippen LogP contribution is 2.13. The number of hydrogen-bond donors (Lipinski definition) is 1. The summed E-state index contributed by atoms with van der Waals surface area (Å²) in [6.45, 7) is 3.13. The van der Waals surface area contributed by atoms with Crippen LogP contribution in [-0.4, -0.2) is 5.91 Å². The van der Waals surface area contributed by atoms with Gasteiger partial charge in [-0.3, -0.25) is 4.79 Å². The van der Waals surface area contributed by atoms with Gasteiger partial charge in [0.2, 0.25) is 5.91 Å². The van der Waals surface area contributed by atoms with Crippen LogP contribution in [0.4, 0.5) is 4.39 Å². The van der Waals surface area contributed by atoms with Gasteiger partial charge in [0, 0.05) is 12.1 Å². The Morgan fingerprint density at radius 3 is 2.69 bits per heavy atom. The van der Waals surface area contributed by atoms with Gasteiger partial charge in [-0.05, 0) is 19.9 Å². The number of carbonyl (C=O) groups is 1. The van der Waals surface area contributed by atoms with Gasteiger partial charge >= 0.3 is 0 Å². The number of amides is 1. The van der Waals surface area contributed by atoms with Gasteiger partial charge in [-0.25, -0.2) is 4.39 Å². The molecule has 0 saturated heterocycles. The minimum atomic E-state index is -1.09. The van der Waals surface area contributed by atoms with Gasteiger partial charge in [0.15, 0.2) is 0 Å². The third-order valence-corrected chi connectivity index (χ3v) is 2.24. The van der Waals surface area contributed by atoms with Gasteiger partial charge in [0.1, 0.15) is 11.2 Å². The first-order chi connectivity index (χ1) is 7.47. The van der Waals surface area contributed by atoms with Crippen molar-refractivity contribution < 1.29 is 9.18 Å². The molecule has 0 aliphatic rings. The largest absolute Gasteiger partial charge is 0.351 e. The van der Waals surface area contributed by atoms with Crippen molar-refractivity contribution in [3.05, 3.63) is 35.6 Å². The second-order valence-electron chi connectivity index (χ2n) is 4.01. The number of nitrogens with zero attached hydrogens (tertiary/aromatic N) is 1. The summed E-state index contributed by atoms with van der Waals surface area (Å²) in [5.41, 5.74) is -0.685. The molecule has 1 aromatic rings. The molecule has 1 amide bonds. The molecular weight excluding hydrogens is 207 g/mol. The van der Waals surface area contributed by atoms with E-state index in [1.807, 2.05) is 6.07 Å². The molecule has 0 unspecified atom stereocenters. The molecule has 0 fully saturated rings. The highest BCUT2D eigenvalue weighted by Gasteiger charge is 2.26. The summed E-state index contributed by atoms with van der Waals surface area (Å²) in [7, 11) is 0. The summed E-state index contributed by atoms with van der Waals surface area (Å²) < 4.78 is 13.2. The summed E-state index contributed by atoms with van der Waals surface area (Å²) in [4.78, 5) is 11.5. The van der Waals surface area contributed by atoms with Crippen molar-refractivity contribution in [1.29, 1.82) is 5.26 Å². The van der Waals surface area contributed by atoms with Crippen LogP contribution >= 0.6 is 0 Å².